The van der Waals surface area contributed by atoms with E-state index in [2.05, 4.69) is 0 Å². The highest BCUT2D eigenvalue weighted by Gasteiger charge is 2.04. The summed E-state index contributed by atoms with van der Waals surface area (Å²) in [5.41, 5.74) is 0.143. The van der Waals surface area contributed by atoms with Crippen molar-refractivity contribution >= 4 is 5.97 Å². The molecule has 86 valence electrons. The molecule has 0 saturated carbocycles. The molecule has 0 aliphatic rings. The van der Waals surface area contributed by atoms with Crippen LogP contribution in [0.15, 0.2) is 48.5 Å². The molecular formula is C13H9FO3. The third-order valence-corrected chi connectivity index (χ3v) is 2.13. The summed E-state index contributed by atoms with van der Waals surface area (Å²) < 4.78 is 18.1. The van der Waals surface area contributed by atoms with Crippen molar-refractivity contribution in [2.24, 2.45) is 0 Å². The Labute approximate surface area is 97.1 Å². The van der Waals surface area contributed by atoms with Gasteiger partial charge in [-0.3, -0.25) is 0 Å². The lowest BCUT2D eigenvalue weighted by Gasteiger charge is -2.05. The molecule has 0 heterocycles. The van der Waals surface area contributed by atoms with Crippen molar-refractivity contribution in [3.8, 4) is 11.5 Å². The van der Waals surface area contributed by atoms with Gasteiger partial charge in [-0.2, -0.15) is 0 Å². The first-order valence-corrected chi connectivity index (χ1v) is 4.92. The van der Waals surface area contributed by atoms with Crippen LogP contribution in [0.25, 0.3) is 0 Å². The molecule has 4 heteroatoms. The van der Waals surface area contributed by atoms with Crippen molar-refractivity contribution in [1.82, 2.24) is 0 Å². The monoisotopic (exact) mass is 232 g/mol. The number of ether oxygens (including phenoxy) is 1. The van der Waals surface area contributed by atoms with Crippen molar-refractivity contribution in [3.63, 3.8) is 0 Å². The van der Waals surface area contributed by atoms with Crippen LogP contribution in [0.1, 0.15) is 10.4 Å². The van der Waals surface area contributed by atoms with Crippen LogP contribution in [0, 0.1) is 5.82 Å². The van der Waals surface area contributed by atoms with Gasteiger partial charge in [0, 0.05) is 0 Å². The first-order chi connectivity index (χ1) is 8.15. The Morgan fingerprint density at radius 3 is 2.41 bits per heavy atom. The highest BCUT2D eigenvalue weighted by Crippen LogP contribution is 2.22. The maximum Gasteiger partial charge on any atom is 0.335 e. The van der Waals surface area contributed by atoms with Crippen molar-refractivity contribution < 1.29 is 19.0 Å². The highest BCUT2D eigenvalue weighted by atomic mass is 19.1. The van der Waals surface area contributed by atoms with Crippen LogP contribution in [0.5, 0.6) is 11.5 Å². The molecule has 0 atom stereocenters. The Morgan fingerprint density at radius 2 is 1.76 bits per heavy atom. The van der Waals surface area contributed by atoms with Crippen LogP contribution in [0.3, 0.4) is 0 Å². The second-order valence-electron chi connectivity index (χ2n) is 3.39. The minimum atomic E-state index is -1.02. The summed E-state index contributed by atoms with van der Waals surface area (Å²) in [6.45, 7) is 0. The average molecular weight is 232 g/mol. The Kier molecular flexibility index (Phi) is 3.05. The van der Waals surface area contributed by atoms with E-state index in [0.29, 0.717) is 11.5 Å². The smallest absolute Gasteiger partial charge is 0.335 e. The molecule has 17 heavy (non-hydrogen) atoms. The summed E-state index contributed by atoms with van der Waals surface area (Å²) in [5.74, 6) is -0.517. The van der Waals surface area contributed by atoms with Gasteiger partial charge in [-0.25, -0.2) is 9.18 Å². The van der Waals surface area contributed by atoms with Gasteiger partial charge in [0.05, 0.1) is 5.56 Å². The van der Waals surface area contributed by atoms with Gasteiger partial charge >= 0.3 is 5.97 Å². The summed E-state index contributed by atoms with van der Waals surface area (Å²) in [6, 6.07) is 11.6. The molecule has 1 N–H and O–H groups in total. The average Bonchev–Trinajstić information content (AvgIpc) is 2.32. The number of carbonyl (C=O) groups is 1. The van der Waals surface area contributed by atoms with E-state index in [1.165, 1.54) is 36.4 Å². The van der Waals surface area contributed by atoms with Crippen molar-refractivity contribution in [3.05, 3.63) is 59.9 Å². The minimum Gasteiger partial charge on any atom is -0.478 e. The van der Waals surface area contributed by atoms with E-state index in [-0.39, 0.29) is 11.4 Å². The highest BCUT2D eigenvalue weighted by molar-refractivity contribution is 5.88. The Balaban J connectivity index is 2.21. The maximum absolute atomic E-state index is 12.7. The van der Waals surface area contributed by atoms with Crippen molar-refractivity contribution in [1.29, 1.82) is 0 Å². The molecule has 3 nitrogen and oxygen atoms in total. The minimum absolute atomic E-state index is 0.143. The molecule has 2 rings (SSSR count). The fourth-order valence-electron chi connectivity index (χ4n) is 1.33. The van der Waals surface area contributed by atoms with Crippen molar-refractivity contribution in [2.45, 2.75) is 0 Å². The van der Waals surface area contributed by atoms with Gasteiger partial charge in [0.15, 0.2) is 0 Å². The summed E-state index contributed by atoms with van der Waals surface area (Å²) in [6.07, 6.45) is 0. The van der Waals surface area contributed by atoms with E-state index in [1.54, 1.807) is 12.1 Å². The fourth-order valence-corrected chi connectivity index (χ4v) is 1.33. The maximum atomic E-state index is 12.7. The number of rotatable bonds is 3. The predicted molar refractivity (Wildman–Crippen MR) is 59.9 cm³/mol. The molecule has 0 fully saturated rings. The largest absolute Gasteiger partial charge is 0.478 e. The van der Waals surface area contributed by atoms with Crippen LogP contribution in [0.2, 0.25) is 0 Å². The third kappa shape index (κ3) is 2.81. The van der Waals surface area contributed by atoms with E-state index in [1.807, 2.05) is 0 Å². The number of aromatic carboxylic acids is 1. The van der Waals surface area contributed by atoms with E-state index in [9.17, 15) is 9.18 Å². The second-order valence-corrected chi connectivity index (χ2v) is 3.39. The second kappa shape index (κ2) is 4.65. The van der Waals surface area contributed by atoms with Gasteiger partial charge in [0.1, 0.15) is 17.3 Å². The molecule has 0 aliphatic heterocycles. The van der Waals surface area contributed by atoms with Crippen LogP contribution < -0.4 is 4.74 Å². The number of carboxylic acids is 1. The normalized spacial score (nSPS) is 9.94. The molecule has 0 spiro atoms. The number of hydrogen-bond donors (Lipinski definition) is 1. The Hall–Kier alpha value is -2.36. The zero-order valence-corrected chi connectivity index (χ0v) is 8.76. The predicted octanol–water partition coefficient (Wildman–Crippen LogP) is 3.32. The molecule has 0 saturated heterocycles. The lowest BCUT2D eigenvalue weighted by Crippen LogP contribution is -1.96. The Morgan fingerprint density at radius 1 is 1.06 bits per heavy atom. The van der Waals surface area contributed by atoms with Crippen LogP contribution in [-0.2, 0) is 0 Å². The molecular weight excluding hydrogens is 223 g/mol. The number of benzene rings is 2. The van der Waals surface area contributed by atoms with Crippen LogP contribution in [0.4, 0.5) is 4.39 Å². The van der Waals surface area contributed by atoms with Gasteiger partial charge in [-0.05, 0) is 42.5 Å². The summed E-state index contributed by atoms with van der Waals surface area (Å²) in [5, 5.41) is 8.81. The van der Waals surface area contributed by atoms with Crippen molar-refractivity contribution in [2.75, 3.05) is 0 Å². The van der Waals surface area contributed by atoms with Crippen LogP contribution >= 0.6 is 0 Å². The van der Waals surface area contributed by atoms with E-state index >= 15 is 0 Å². The molecule has 0 bridgehead atoms. The zero-order valence-electron chi connectivity index (χ0n) is 8.76. The first kappa shape index (κ1) is 11.1. The van der Waals surface area contributed by atoms with E-state index in [4.69, 9.17) is 9.84 Å². The van der Waals surface area contributed by atoms with Gasteiger partial charge in [-0.15, -0.1) is 0 Å². The number of hydrogen-bond acceptors (Lipinski definition) is 2. The summed E-state index contributed by atoms with van der Waals surface area (Å²) in [4.78, 5) is 10.7. The topological polar surface area (TPSA) is 46.5 Å². The van der Waals surface area contributed by atoms with E-state index in [0.717, 1.165) is 0 Å². The quantitative estimate of drug-likeness (QED) is 0.882. The third-order valence-electron chi connectivity index (χ3n) is 2.13. The Bertz CT molecular complexity index is 535. The molecule has 0 radical (unpaired) electrons. The first-order valence-electron chi connectivity index (χ1n) is 4.92. The molecule has 2 aromatic rings. The summed E-state index contributed by atoms with van der Waals surface area (Å²) in [7, 11) is 0. The molecule has 0 unspecified atom stereocenters. The standard InChI is InChI=1S/C13H9FO3/c14-10-4-6-11(7-5-10)17-12-3-1-2-9(8-12)13(15)16/h1-8H,(H,15,16). The molecule has 2 aromatic carbocycles. The molecule has 0 amide bonds. The number of halogens is 1. The van der Waals surface area contributed by atoms with Gasteiger partial charge in [0.25, 0.3) is 0 Å². The fraction of sp³-hybridized carbons (Fsp3) is 0. The van der Waals surface area contributed by atoms with Gasteiger partial charge < -0.3 is 9.84 Å². The van der Waals surface area contributed by atoms with Crippen LogP contribution in [-0.4, -0.2) is 11.1 Å². The molecule has 0 aromatic heterocycles. The van der Waals surface area contributed by atoms with E-state index < -0.39 is 5.97 Å². The van der Waals surface area contributed by atoms with Gasteiger partial charge in [0.2, 0.25) is 0 Å². The zero-order chi connectivity index (χ0) is 12.3. The summed E-state index contributed by atoms with van der Waals surface area (Å²) >= 11 is 0. The van der Waals surface area contributed by atoms with Gasteiger partial charge in [-0.1, -0.05) is 6.07 Å². The molecule has 0 aliphatic carbocycles. The lowest BCUT2D eigenvalue weighted by molar-refractivity contribution is 0.0696. The lowest BCUT2D eigenvalue weighted by atomic mass is 10.2. The number of carboxylic acid groups (broad SMARTS) is 1. The SMILES string of the molecule is O=C(O)c1cccc(Oc2ccc(F)cc2)c1.